The van der Waals surface area contributed by atoms with Crippen LogP contribution in [0.3, 0.4) is 0 Å². The summed E-state index contributed by atoms with van der Waals surface area (Å²) in [4.78, 5) is 12.0. The van der Waals surface area contributed by atoms with E-state index in [9.17, 15) is 17.6 Å². The average Bonchev–Trinajstić information content (AvgIpc) is 2.69. The van der Waals surface area contributed by atoms with Crippen molar-refractivity contribution in [1.82, 2.24) is 8.61 Å². The van der Waals surface area contributed by atoms with Gasteiger partial charge in [-0.1, -0.05) is 12.1 Å². The van der Waals surface area contributed by atoms with Crippen LogP contribution < -0.4 is 0 Å². The highest BCUT2D eigenvalue weighted by Crippen LogP contribution is 2.27. The van der Waals surface area contributed by atoms with Crippen molar-refractivity contribution in [1.29, 1.82) is 0 Å². The lowest BCUT2D eigenvalue weighted by Gasteiger charge is -2.38. The highest BCUT2D eigenvalue weighted by molar-refractivity contribution is 7.86. The maximum Gasteiger partial charge on any atom is 0.310 e. The van der Waals surface area contributed by atoms with Gasteiger partial charge in [0.05, 0.1) is 25.2 Å². The monoisotopic (exact) mass is 400 g/mol. The molecule has 2 aliphatic rings. The molecule has 0 amide bonds. The van der Waals surface area contributed by atoms with E-state index in [2.05, 4.69) is 0 Å². The summed E-state index contributed by atoms with van der Waals surface area (Å²) in [5.74, 6) is -1.12. The van der Waals surface area contributed by atoms with Crippen LogP contribution in [0.25, 0.3) is 0 Å². The second kappa shape index (κ2) is 8.64. The van der Waals surface area contributed by atoms with E-state index in [0.717, 1.165) is 5.56 Å². The lowest BCUT2D eigenvalue weighted by atomic mass is 10.0. The Bertz CT molecular complexity index is 756. The second-order valence-electron chi connectivity index (χ2n) is 6.73. The fourth-order valence-corrected chi connectivity index (χ4v) is 5.17. The maximum atomic E-state index is 13.1. The zero-order chi connectivity index (χ0) is 19.4. The molecule has 9 heteroatoms. The number of hydrogen-bond donors (Lipinski definition) is 0. The van der Waals surface area contributed by atoms with E-state index in [4.69, 9.17) is 9.47 Å². The molecule has 2 saturated heterocycles. The number of piperidine rings is 1. The van der Waals surface area contributed by atoms with Gasteiger partial charge in [0.1, 0.15) is 5.82 Å². The lowest BCUT2D eigenvalue weighted by molar-refractivity contribution is -0.149. The Labute approximate surface area is 159 Å². The summed E-state index contributed by atoms with van der Waals surface area (Å²) in [6.07, 6.45) is 0.806. The number of esters is 1. The zero-order valence-electron chi connectivity index (χ0n) is 15.3. The van der Waals surface area contributed by atoms with Crippen LogP contribution in [0.1, 0.15) is 31.4 Å². The predicted molar refractivity (Wildman–Crippen MR) is 96.5 cm³/mol. The van der Waals surface area contributed by atoms with Gasteiger partial charge in [0, 0.05) is 26.2 Å². The first-order chi connectivity index (χ1) is 12.9. The molecule has 2 fully saturated rings. The normalized spacial score (nSPS) is 25.3. The molecule has 2 atom stereocenters. The summed E-state index contributed by atoms with van der Waals surface area (Å²) in [7, 11) is -3.71. The Morgan fingerprint density at radius 3 is 2.63 bits per heavy atom. The van der Waals surface area contributed by atoms with Gasteiger partial charge in [-0.3, -0.25) is 4.79 Å². The molecule has 7 nitrogen and oxygen atoms in total. The van der Waals surface area contributed by atoms with Crippen molar-refractivity contribution in [3.05, 3.63) is 35.6 Å². The highest BCUT2D eigenvalue weighted by atomic mass is 32.2. The molecule has 150 valence electrons. The Kier molecular flexibility index (Phi) is 6.46. The number of carbonyl (C=O) groups excluding carboxylic acids is 1. The molecule has 0 aliphatic carbocycles. The molecule has 0 bridgehead atoms. The maximum absolute atomic E-state index is 13.1. The summed E-state index contributed by atoms with van der Waals surface area (Å²) < 4.78 is 52.8. The van der Waals surface area contributed by atoms with E-state index in [1.165, 1.54) is 20.7 Å². The van der Waals surface area contributed by atoms with Crippen molar-refractivity contribution in [2.24, 2.45) is 5.92 Å². The molecule has 0 N–H and O–H groups in total. The van der Waals surface area contributed by atoms with Crippen molar-refractivity contribution in [2.45, 2.75) is 25.9 Å². The van der Waals surface area contributed by atoms with Crippen molar-refractivity contribution >= 4 is 16.2 Å². The van der Waals surface area contributed by atoms with Gasteiger partial charge in [-0.15, -0.1) is 0 Å². The van der Waals surface area contributed by atoms with E-state index in [1.54, 1.807) is 19.1 Å². The van der Waals surface area contributed by atoms with Gasteiger partial charge in [-0.2, -0.15) is 17.0 Å². The number of benzene rings is 1. The minimum Gasteiger partial charge on any atom is -0.466 e. The fourth-order valence-electron chi connectivity index (χ4n) is 3.48. The summed E-state index contributed by atoms with van der Waals surface area (Å²) in [6.45, 7) is 3.21. The van der Waals surface area contributed by atoms with Crippen molar-refractivity contribution in [2.75, 3.05) is 39.4 Å². The summed E-state index contributed by atoms with van der Waals surface area (Å²) in [6, 6.07) is 5.88. The summed E-state index contributed by atoms with van der Waals surface area (Å²) in [5, 5.41) is 0. The van der Waals surface area contributed by atoms with Crippen LogP contribution in [0, 0.1) is 11.7 Å². The molecular formula is C18H25FN2O5S. The molecule has 0 radical (unpaired) electrons. The number of morpholine rings is 1. The third-order valence-corrected chi connectivity index (χ3v) is 6.90. The third-order valence-electron chi connectivity index (χ3n) is 4.93. The predicted octanol–water partition coefficient (Wildman–Crippen LogP) is 1.72. The van der Waals surface area contributed by atoms with Gasteiger partial charge in [0.2, 0.25) is 0 Å². The quantitative estimate of drug-likeness (QED) is 0.704. The Morgan fingerprint density at radius 1 is 1.22 bits per heavy atom. The standard InChI is InChI=1S/C18H25FN2O5S/c1-2-25-18(22)15-4-3-9-20(12-15)27(23,24)21-10-11-26-17(13-21)14-5-7-16(19)8-6-14/h5-8,15,17H,2-4,9-13H2,1H3/t15-,17-/m1/s1. The number of carbonyl (C=O) groups is 1. The molecule has 1 aromatic carbocycles. The van der Waals surface area contributed by atoms with Gasteiger partial charge < -0.3 is 9.47 Å². The van der Waals surface area contributed by atoms with E-state index >= 15 is 0 Å². The molecule has 27 heavy (non-hydrogen) atoms. The Morgan fingerprint density at radius 2 is 1.93 bits per heavy atom. The minimum absolute atomic E-state index is 0.139. The SMILES string of the molecule is CCOC(=O)[C@@H]1CCCN(S(=O)(=O)N2CCO[C@@H](c3ccc(F)cc3)C2)C1. The van der Waals surface area contributed by atoms with E-state index < -0.39 is 22.2 Å². The van der Waals surface area contributed by atoms with Crippen molar-refractivity contribution in [3.8, 4) is 0 Å². The molecule has 2 heterocycles. The molecule has 0 saturated carbocycles. The van der Waals surface area contributed by atoms with Crippen LogP contribution in [0.15, 0.2) is 24.3 Å². The first-order valence-corrected chi connectivity index (χ1v) is 10.6. The Hall–Kier alpha value is -1.55. The molecule has 2 aliphatic heterocycles. The third kappa shape index (κ3) is 4.66. The largest absolute Gasteiger partial charge is 0.466 e. The molecular weight excluding hydrogens is 375 g/mol. The number of nitrogens with zero attached hydrogens (tertiary/aromatic N) is 2. The summed E-state index contributed by atoms with van der Waals surface area (Å²) >= 11 is 0. The highest BCUT2D eigenvalue weighted by Gasteiger charge is 2.38. The van der Waals surface area contributed by atoms with Crippen LogP contribution in [-0.4, -0.2) is 62.4 Å². The Balaban J connectivity index is 1.70. The smallest absolute Gasteiger partial charge is 0.310 e. The minimum atomic E-state index is -3.71. The topological polar surface area (TPSA) is 76.2 Å². The lowest BCUT2D eigenvalue weighted by Crippen LogP contribution is -2.52. The van der Waals surface area contributed by atoms with Crippen LogP contribution in [0.4, 0.5) is 4.39 Å². The first kappa shape index (κ1) is 20.2. The second-order valence-corrected chi connectivity index (χ2v) is 8.65. The number of rotatable bonds is 5. The van der Waals surface area contributed by atoms with Crippen LogP contribution >= 0.6 is 0 Å². The molecule has 3 rings (SSSR count). The number of hydrogen-bond acceptors (Lipinski definition) is 5. The molecule has 0 unspecified atom stereocenters. The van der Waals surface area contributed by atoms with E-state index in [0.29, 0.717) is 19.4 Å². The van der Waals surface area contributed by atoms with Crippen molar-refractivity contribution < 1.29 is 27.1 Å². The first-order valence-electron chi connectivity index (χ1n) is 9.20. The van der Waals surface area contributed by atoms with Crippen molar-refractivity contribution in [3.63, 3.8) is 0 Å². The zero-order valence-corrected chi connectivity index (χ0v) is 16.2. The average molecular weight is 400 g/mol. The molecule has 0 aromatic heterocycles. The molecule has 1 aromatic rings. The van der Waals surface area contributed by atoms with Gasteiger partial charge in [0.25, 0.3) is 10.2 Å². The fraction of sp³-hybridized carbons (Fsp3) is 0.611. The molecule has 0 spiro atoms. The van der Waals surface area contributed by atoms with Gasteiger partial charge >= 0.3 is 5.97 Å². The van der Waals surface area contributed by atoms with Gasteiger partial charge in [0.15, 0.2) is 0 Å². The van der Waals surface area contributed by atoms with Crippen LogP contribution in [-0.2, 0) is 24.5 Å². The van der Waals surface area contributed by atoms with Gasteiger partial charge in [-0.05, 0) is 37.5 Å². The number of halogens is 1. The van der Waals surface area contributed by atoms with Crippen LogP contribution in [0.5, 0.6) is 0 Å². The van der Waals surface area contributed by atoms with Crippen LogP contribution in [0.2, 0.25) is 0 Å². The van der Waals surface area contributed by atoms with E-state index in [1.807, 2.05) is 0 Å². The van der Waals surface area contributed by atoms with Gasteiger partial charge in [-0.25, -0.2) is 4.39 Å². The number of ether oxygens (including phenoxy) is 2. The van der Waals surface area contributed by atoms with E-state index in [-0.39, 0.29) is 44.6 Å². The summed E-state index contributed by atoms with van der Waals surface area (Å²) in [5.41, 5.74) is 0.736.